The van der Waals surface area contributed by atoms with E-state index in [0.29, 0.717) is 12.3 Å². The first-order valence-corrected chi connectivity index (χ1v) is 5.75. The van der Waals surface area contributed by atoms with Gasteiger partial charge in [0.2, 0.25) is 0 Å². The number of amides is 2. The number of rotatable bonds is 5. The van der Waals surface area contributed by atoms with E-state index in [1.165, 1.54) is 0 Å². The predicted molar refractivity (Wildman–Crippen MR) is 70.5 cm³/mol. The number of hydrogen-bond donors (Lipinski definition) is 3. The number of urea groups is 1. The topological polar surface area (TPSA) is 70.6 Å². The van der Waals surface area contributed by atoms with Crippen molar-refractivity contribution in [1.82, 2.24) is 5.32 Å². The Morgan fingerprint density at radius 1 is 1.39 bits per heavy atom. The van der Waals surface area contributed by atoms with Crippen LogP contribution in [0.4, 0.5) is 10.5 Å². The number of methoxy groups -OCH3 is 1. The summed E-state index contributed by atoms with van der Waals surface area (Å²) in [6.45, 7) is 3.79. The molecule has 2 amide bonds. The van der Waals surface area contributed by atoms with Gasteiger partial charge in [-0.15, -0.1) is 0 Å². The normalized spacial score (nSPS) is 11.1. The lowest BCUT2D eigenvalue weighted by Crippen LogP contribution is -2.48. The molecule has 5 heteroatoms. The van der Waals surface area contributed by atoms with Gasteiger partial charge >= 0.3 is 6.03 Å². The van der Waals surface area contributed by atoms with Gasteiger partial charge < -0.3 is 20.5 Å². The van der Waals surface area contributed by atoms with Crippen LogP contribution in [0.3, 0.4) is 0 Å². The van der Waals surface area contributed by atoms with E-state index >= 15 is 0 Å². The van der Waals surface area contributed by atoms with E-state index in [1.54, 1.807) is 27.0 Å². The largest absolute Gasteiger partial charge is 0.394 e. The summed E-state index contributed by atoms with van der Waals surface area (Å²) in [5.74, 6) is 0. The number of anilines is 1. The van der Waals surface area contributed by atoms with Crippen molar-refractivity contribution in [1.29, 1.82) is 0 Å². The molecule has 1 aromatic rings. The summed E-state index contributed by atoms with van der Waals surface area (Å²) in [6, 6.07) is 7.06. The number of aliphatic hydroxyl groups excluding tert-OH is 1. The van der Waals surface area contributed by atoms with Gasteiger partial charge in [-0.1, -0.05) is 18.2 Å². The van der Waals surface area contributed by atoms with E-state index in [2.05, 4.69) is 10.6 Å². The maximum Gasteiger partial charge on any atom is 0.319 e. The molecule has 0 atom stereocenters. The Bertz CT molecular complexity index is 405. The van der Waals surface area contributed by atoms with Gasteiger partial charge in [-0.25, -0.2) is 4.79 Å². The Kier molecular flexibility index (Phi) is 5.12. The van der Waals surface area contributed by atoms with Gasteiger partial charge in [-0.05, 0) is 19.9 Å². The zero-order chi connectivity index (χ0) is 13.6. The van der Waals surface area contributed by atoms with Gasteiger partial charge in [0.15, 0.2) is 0 Å². The molecular weight excluding hydrogens is 232 g/mol. The van der Waals surface area contributed by atoms with Crippen LogP contribution in [-0.4, -0.2) is 30.4 Å². The van der Waals surface area contributed by atoms with Crippen LogP contribution in [0.2, 0.25) is 0 Å². The molecule has 0 fully saturated rings. The molecule has 5 nitrogen and oxygen atoms in total. The Hall–Kier alpha value is -1.59. The third-order valence-electron chi connectivity index (χ3n) is 2.41. The van der Waals surface area contributed by atoms with Crippen LogP contribution in [0.1, 0.15) is 19.4 Å². The highest BCUT2D eigenvalue weighted by atomic mass is 16.5. The quantitative estimate of drug-likeness (QED) is 0.747. The minimum absolute atomic E-state index is 0.125. The summed E-state index contributed by atoms with van der Waals surface area (Å²) in [4.78, 5) is 11.8. The molecule has 1 rings (SSSR count). The number of benzene rings is 1. The summed E-state index contributed by atoms with van der Waals surface area (Å²) in [6.07, 6.45) is 0. The molecule has 3 N–H and O–H groups in total. The van der Waals surface area contributed by atoms with Crippen LogP contribution in [0.5, 0.6) is 0 Å². The van der Waals surface area contributed by atoms with Gasteiger partial charge in [0.05, 0.1) is 18.8 Å². The Morgan fingerprint density at radius 2 is 2.06 bits per heavy atom. The van der Waals surface area contributed by atoms with Crippen LogP contribution < -0.4 is 10.6 Å². The van der Waals surface area contributed by atoms with E-state index in [4.69, 9.17) is 9.84 Å². The van der Waals surface area contributed by atoms with Crippen LogP contribution in [0, 0.1) is 0 Å². The Labute approximate surface area is 107 Å². The maximum atomic E-state index is 11.8. The van der Waals surface area contributed by atoms with Crippen LogP contribution in [0.25, 0.3) is 0 Å². The Morgan fingerprint density at radius 3 is 2.67 bits per heavy atom. The molecule has 0 aliphatic rings. The van der Waals surface area contributed by atoms with Crippen molar-refractivity contribution in [3.8, 4) is 0 Å². The molecule has 18 heavy (non-hydrogen) atoms. The average Bonchev–Trinajstić information content (AvgIpc) is 2.31. The highest BCUT2D eigenvalue weighted by molar-refractivity contribution is 5.90. The molecule has 0 saturated heterocycles. The highest BCUT2D eigenvalue weighted by Crippen LogP contribution is 2.15. The minimum atomic E-state index is -0.652. The van der Waals surface area contributed by atoms with Crippen molar-refractivity contribution in [2.75, 3.05) is 19.0 Å². The lowest BCUT2D eigenvalue weighted by atomic mass is 10.1. The first kappa shape index (κ1) is 14.5. The van der Waals surface area contributed by atoms with Crippen molar-refractivity contribution in [3.05, 3.63) is 29.8 Å². The van der Waals surface area contributed by atoms with Gasteiger partial charge in [-0.2, -0.15) is 0 Å². The number of aliphatic hydroxyl groups is 1. The molecule has 0 aliphatic heterocycles. The van der Waals surface area contributed by atoms with Gasteiger partial charge in [0.1, 0.15) is 0 Å². The fourth-order valence-electron chi connectivity index (χ4n) is 1.42. The van der Waals surface area contributed by atoms with E-state index in [0.717, 1.165) is 5.56 Å². The van der Waals surface area contributed by atoms with Crippen LogP contribution in [-0.2, 0) is 11.3 Å². The van der Waals surface area contributed by atoms with E-state index in [-0.39, 0.29) is 12.6 Å². The van der Waals surface area contributed by atoms with Gasteiger partial charge in [0, 0.05) is 18.4 Å². The molecule has 0 aliphatic carbocycles. The smallest absolute Gasteiger partial charge is 0.319 e. The zero-order valence-electron chi connectivity index (χ0n) is 11.0. The summed E-state index contributed by atoms with van der Waals surface area (Å²) in [7, 11) is 1.60. The number of carbonyl (C=O) groups is 1. The molecule has 0 heterocycles. The predicted octanol–water partition coefficient (Wildman–Crippen LogP) is 1.73. The fourth-order valence-corrected chi connectivity index (χ4v) is 1.42. The SMILES string of the molecule is COCc1ccccc1NC(=O)NC(C)(C)CO. The van der Waals surface area contributed by atoms with E-state index < -0.39 is 5.54 Å². The monoisotopic (exact) mass is 252 g/mol. The average molecular weight is 252 g/mol. The summed E-state index contributed by atoms with van der Waals surface area (Å²) >= 11 is 0. The number of hydrogen-bond acceptors (Lipinski definition) is 3. The van der Waals surface area contributed by atoms with E-state index in [9.17, 15) is 4.79 Å². The second kappa shape index (κ2) is 6.37. The first-order valence-electron chi connectivity index (χ1n) is 5.75. The molecule has 0 bridgehead atoms. The molecule has 100 valence electrons. The van der Waals surface area contributed by atoms with Crippen molar-refractivity contribution >= 4 is 11.7 Å². The third-order valence-corrected chi connectivity index (χ3v) is 2.41. The molecule has 0 saturated carbocycles. The number of ether oxygens (including phenoxy) is 1. The lowest BCUT2D eigenvalue weighted by molar-refractivity contribution is 0.184. The highest BCUT2D eigenvalue weighted by Gasteiger charge is 2.19. The molecular formula is C13H20N2O3. The van der Waals surface area contributed by atoms with Crippen molar-refractivity contribution in [3.63, 3.8) is 0 Å². The lowest BCUT2D eigenvalue weighted by Gasteiger charge is -2.24. The number of carbonyl (C=O) groups excluding carboxylic acids is 1. The van der Waals surface area contributed by atoms with Crippen LogP contribution >= 0.6 is 0 Å². The molecule has 0 aromatic heterocycles. The summed E-state index contributed by atoms with van der Waals surface area (Å²) in [5, 5.41) is 14.5. The van der Waals surface area contributed by atoms with Gasteiger partial charge in [-0.3, -0.25) is 0 Å². The van der Waals surface area contributed by atoms with Crippen molar-refractivity contribution in [2.45, 2.75) is 26.0 Å². The molecule has 0 radical (unpaired) electrons. The molecule has 0 unspecified atom stereocenters. The van der Waals surface area contributed by atoms with Gasteiger partial charge in [0.25, 0.3) is 0 Å². The standard InChI is InChI=1S/C13H20N2O3/c1-13(2,9-16)15-12(17)14-11-7-5-4-6-10(11)8-18-3/h4-7,16H,8-9H2,1-3H3,(H2,14,15,17). The summed E-state index contributed by atoms with van der Waals surface area (Å²) in [5.41, 5.74) is 0.947. The molecule has 1 aromatic carbocycles. The summed E-state index contributed by atoms with van der Waals surface area (Å²) < 4.78 is 5.06. The van der Waals surface area contributed by atoms with E-state index in [1.807, 2.05) is 18.2 Å². The third kappa shape index (κ3) is 4.35. The fraction of sp³-hybridized carbons (Fsp3) is 0.462. The number of para-hydroxylation sites is 1. The second-order valence-corrected chi connectivity index (χ2v) is 4.71. The second-order valence-electron chi connectivity index (χ2n) is 4.71. The zero-order valence-corrected chi connectivity index (χ0v) is 11.0. The molecule has 0 spiro atoms. The van der Waals surface area contributed by atoms with Crippen molar-refractivity contribution in [2.24, 2.45) is 0 Å². The van der Waals surface area contributed by atoms with Crippen molar-refractivity contribution < 1.29 is 14.6 Å². The number of nitrogens with one attached hydrogen (secondary N) is 2. The maximum absolute atomic E-state index is 11.8. The minimum Gasteiger partial charge on any atom is -0.394 e. The van der Waals surface area contributed by atoms with Crippen LogP contribution in [0.15, 0.2) is 24.3 Å². The Balaban J connectivity index is 2.70. The first-order chi connectivity index (χ1) is 8.48.